The van der Waals surface area contributed by atoms with Gasteiger partial charge in [0.1, 0.15) is 5.60 Å². The van der Waals surface area contributed by atoms with E-state index in [0.717, 1.165) is 11.4 Å². The summed E-state index contributed by atoms with van der Waals surface area (Å²) < 4.78 is 10.8. The van der Waals surface area contributed by atoms with Crippen molar-refractivity contribution < 1.29 is 19.1 Å². The first kappa shape index (κ1) is 15.8. The molecule has 0 bridgehead atoms. The molecule has 0 atom stereocenters. The van der Waals surface area contributed by atoms with E-state index in [1.807, 2.05) is 26.0 Å². The molecule has 6 nitrogen and oxygen atoms in total. The van der Waals surface area contributed by atoms with E-state index in [0.29, 0.717) is 38.8 Å². The molecule has 0 radical (unpaired) electrons. The van der Waals surface area contributed by atoms with Crippen LogP contribution < -0.4 is 4.90 Å². The van der Waals surface area contributed by atoms with Crippen molar-refractivity contribution in [3.63, 3.8) is 0 Å². The number of aryl methyl sites for hydroxylation is 1. The quantitative estimate of drug-likeness (QED) is 0.802. The lowest BCUT2D eigenvalue weighted by atomic mass is 9.78. The van der Waals surface area contributed by atoms with Crippen molar-refractivity contribution >= 4 is 17.7 Å². The highest BCUT2D eigenvalue weighted by atomic mass is 16.6. The fourth-order valence-electron chi connectivity index (χ4n) is 3.47. The Labute approximate surface area is 135 Å². The van der Waals surface area contributed by atoms with Crippen LogP contribution in [0.1, 0.15) is 38.3 Å². The molecule has 3 rings (SSSR count). The number of ether oxygens (including phenoxy) is 2. The molecule has 1 saturated carbocycles. The van der Waals surface area contributed by atoms with Gasteiger partial charge in [-0.25, -0.2) is 4.79 Å². The molecule has 6 heteroatoms. The summed E-state index contributed by atoms with van der Waals surface area (Å²) >= 11 is 0. The van der Waals surface area contributed by atoms with Gasteiger partial charge in [-0.05, 0) is 51.7 Å². The van der Waals surface area contributed by atoms with Gasteiger partial charge in [0.25, 0.3) is 0 Å². The normalized spacial score (nSPS) is 27.1. The molecule has 0 unspecified atom stereocenters. The second-order valence-electron chi connectivity index (χ2n) is 6.27. The zero-order chi connectivity index (χ0) is 16.4. The minimum absolute atomic E-state index is 0.0755. The van der Waals surface area contributed by atoms with Crippen molar-refractivity contribution in [3.8, 4) is 0 Å². The average Bonchev–Trinajstić information content (AvgIpc) is 2.85. The molecule has 1 aromatic rings. The lowest BCUT2D eigenvalue weighted by Crippen LogP contribution is -2.40. The van der Waals surface area contributed by atoms with E-state index in [1.165, 1.54) is 0 Å². The molecule has 1 aliphatic carbocycles. The number of anilines is 1. The number of carbonyl (C=O) groups excluding carboxylic acids is 2. The van der Waals surface area contributed by atoms with Crippen LogP contribution in [0.15, 0.2) is 18.3 Å². The summed E-state index contributed by atoms with van der Waals surface area (Å²) in [6.07, 6.45) is 4.17. The molecule has 1 aliphatic heterocycles. The third kappa shape index (κ3) is 3.02. The van der Waals surface area contributed by atoms with Crippen LogP contribution in [0.25, 0.3) is 0 Å². The molecule has 23 heavy (non-hydrogen) atoms. The Morgan fingerprint density at radius 2 is 2.22 bits per heavy atom. The Bertz CT molecular complexity index is 608. The van der Waals surface area contributed by atoms with Gasteiger partial charge in [0.05, 0.1) is 30.5 Å². The van der Waals surface area contributed by atoms with Crippen molar-refractivity contribution in [1.29, 1.82) is 0 Å². The smallest absolute Gasteiger partial charge is 0.415 e. The second-order valence-corrected chi connectivity index (χ2v) is 6.27. The molecule has 0 N–H and O–H groups in total. The minimum Gasteiger partial charge on any atom is -0.466 e. The summed E-state index contributed by atoms with van der Waals surface area (Å²) in [5, 5.41) is 0. The zero-order valence-electron chi connectivity index (χ0n) is 13.6. The molecule has 0 aromatic carbocycles. The lowest BCUT2D eigenvalue weighted by molar-refractivity contribution is -0.150. The summed E-state index contributed by atoms with van der Waals surface area (Å²) in [7, 11) is 0. The van der Waals surface area contributed by atoms with E-state index < -0.39 is 5.60 Å². The highest BCUT2D eigenvalue weighted by Crippen LogP contribution is 2.41. The van der Waals surface area contributed by atoms with E-state index in [2.05, 4.69) is 4.98 Å². The molecule has 1 spiro atoms. The predicted octanol–water partition coefficient (Wildman–Crippen LogP) is 2.84. The van der Waals surface area contributed by atoms with E-state index in [4.69, 9.17) is 9.47 Å². The first-order valence-electron chi connectivity index (χ1n) is 8.13. The van der Waals surface area contributed by atoms with Gasteiger partial charge < -0.3 is 9.47 Å². The predicted molar refractivity (Wildman–Crippen MR) is 84.1 cm³/mol. The van der Waals surface area contributed by atoms with Crippen LogP contribution in [-0.2, 0) is 14.3 Å². The van der Waals surface area contributed by atoms with Gasteiger partial charge >= 0.3 is 12.1 Å². The number of pyridine rings is 1. The number of amides is 1. The molecular weight excluding hydrogens is 296 g/mol. The summed E-state index contributed by atoms with van der Waals surface area (Å²) in [4.78, 5) is 30.0. The molecule has 2 aliphatic rings. The Kier molecular flexibility index (Phi) is 4.24. The highest BCUT2D eigenvalue weighted by Gasteiger charge is 2.49. The topological polar surface area (TPSA) is 68.7 Å². The summed E-state index contributed by atoms with van der Waals surface area (Å²) in [5.41, 5.74) is 1.12. The van der Waals surface area contributed by atoms with Crippen LogP contribution >= 0.6 is 0 Å². The molecule has 1 saturated heterocycles. The Hall–Kier alpha value is -2.11. The number of nitrogens with zero attached hydrogens (tertiary/aromatic N) is 2. The van der Waals surface area contributed by atoms with Crippen LogP contribution in [0, 0.1) is 12.8 Å². The first-order valence-corrected chi connectivity index (χ1v) is 8.13. The summed E-state index contributed by atoms with van der Waals surface area (Å²) in [6.45, 7) is 4.62. The third-order valence-electron chi connectivity index (χ3n) is 4.76. The monoisotopic (exact) mass is 318 g/mol. The summed E-state index contributed by atoms with van der Waals surface area (Å²) in [6, 6.07) is 3.70. The van der Waals surface area contributed by atoms with Crippen LogP contribution in [-0.4, -0.2) is 35.8 Å². The molecular formula is C17H22N2O4. The van der Waals surface area contributed by atoms with Crippen LogP contribution in [0.5, 0.6) is 0 Å². The lowest BCUT2D eigenvalue weighted by Gasteiger charge is -2.34. The number of hydrogen-bond donors (Lipinski definition) is 0. The summed E-state index contributed by atoms with van der Waals surface area (Å²) in [5.74, 6) is -0.208. The van der Waals surface area contributed by atoms with Gasteiger partial charge in [-0.15, -0.1) is 0 Å². The van der Waals surface area contributed by atoms with Gasteiger partial charge in [0.2, 0.25) is 0 Å². The van der Waals surface area contributed by atoms with Crippen molar-refractivity contribution in [3.05, 3.63) is 24.0 Å². The number of aromatic nitrogens is 1. The first-order chi connectivity index (χ1) is 11.0. The van der Waals surface area contributed by atoms with Crippen molar-refractivity contribution in [2.24, 2.45) is 5.92 Å². The Balaban J connectivity index is 1.69. The minimum atomic E-state index is -0.484. The number of hydrogen-bond acceptors (Lipinski definition) is 5. The van der Waals surface area contributed by atoms with Crippen molar-refractivity contribution in [2.75, 3.05) is 18.1 Å². The van der Waals surface area contributed by atoms with Crippen LogP contribution in [0.3, 0.4) is 0 Å². The van der Waals surface area contributed by atoms with E-state index in [1.54, 1.807) is 11.1 Å². The zero-order valence-corrected chi connectivity index (χ0v) is 13.6. The van der Waals surface area contributed by atoms with Crippen molar-refractivity contribution in [1.82, 2.24) is 4.98 Å². The third-order valence-corrected chi connectivity index (χ3v) is 4.76. The van der Waals surface area contributed by atoms with E-state index in [9.17, 15) is 9.59 Å². The molecule has 1 amide bonds. The average molecular weight is 318 g/mol. The highest BCUT2D eigenvalue weighted by molar-refractivity contribution is 5.91. The maximum absolute atomic E-state index is 12.3. The van der Waals surface area contributed by atoms with Crippen LogP contribution in [0.4, 0.5) is 10.5 Å². The van der Waals surface area contributed by atoms with E-state index >= 15 is 0 Å². The largest absolute Gasteiger partial charge is 0.466 e. The second kappa shape index (κ2) is 6.18. The van der Waals surface area contributed by atoms with Gasteiger partial charge in [-0.3, -0.25) is 14.7 Å². The van der Waals surface area contributed by atoms with E-state index in [-0.39, 0.29) is 18.0 Å². The maximum atomic E-state index is 12.3. The number of carbonyl (C=O) groups is 2. The van der Waals surface area contributed by atoms with Gasteiger partial charge in [0, 0.05) is 6.20 Å². The maximum Gasteiger partial charge on any atom is 0.415 e. The fraction of sp³-hybridized carbons (Fsp3) is 0.588. The number of rotatable bonds is 3. The van der Waals surface area contributed by atoms with Gasteiger partial charge in [-0.2, -0.15) is 0 Å². The van der Waals surface area contributed by atoms with Crippen molar-refractivity contribution in [2.45, 2.75) is 45.1 Å². The molecule has 2 fully saturated rings. The van der Waals surface area contributed by atoms with Gasteiger partial charge in [0.15, 0.2) is 0 Å². The Morgan fingerprint density at radius 3 is 2.87 bits per heavy atom. The van der Waals surface area contributed by atoms with Crippen LogP contribution in [0.2, 0.25) is 0 Å². The molecule has 2 heterocycles. The Morgan fingerprint density at radius 1 is 1.48 bits per heavy atom. The fourth-order valence-corrected chi connectivity index (χ4v) is 3.47. The molecule has 1 aromatic heterocycles. The SMILES string of the molecule is CCOC(=O)C1CCC2(CC1)CN(c1cccnc1C)C(=O)O2. The standard InChI is InChI=1S/C17H22N2O4/c1-3-22-15(20)13-6-8-17(9-7-13)11-19(16(21)23-17)14-5-4-10-18-12(14)2/h4-5,10,13H,3,6-9,11H2,1-2H3. The number of esters is 1. The van der Waals surface area contributed by atoms with Gasteiger partial charge in [-0.1, -0.05) is 0 Å². The molecule has 124 valence electrons.